The van der Waals surface area contributed by atoms with E-state index < -0.39 is 0 Å². The minimum Gasteiger partial charge on any atom is -0.339 e. The van der Waals surface area contributed by atoms with Gasteiger partial charge >= 0.3 is 0 Å². The number of aromatic nitrogens is 1. The number of hydrogen-bond donors (Lipinski definition) is 0. The first-order valence-electron chi connectivity index (χ1n) is 3.99. The van der Waals surface area contributed by atoms with Gasteiger partial charge in [0.1, 0.15) is 0 Å². The molecule has 3 nitrogen and oxygen atoms in total. The largest absolute Gasteiger partial charge is 0.339 e. The average Bonchev–Trinajstić information content (AvgIpc) is 2.03. The molecular weight excluding hydrogens is 152 g/mol. The predicted molar refractivity (Wildman–Crippen MR) is 43.6 cm³/mol. The summed E-state index contributed by atoms with van der Waals surface area (Å²) in [4.78, 5) is 17.1. The molecule has 2 heterocycles. The number of hydrogen-bond acceptors (Lipinski definition) is 2. The van der Waals surface area contributed by atoms with E-state index in [-0.39, 0.29) is 5.91 Å². The van der Waals surface area contributed by atoms with E-state index in [0.29, 0.717) is 5.56 Å². The first kappa shape index (κ1) is 7.28. The van der Waals surface area contributed by atoms with Gasteiger partial charge in [0.05, 0.1) is 6.20 Å². The second kappa shape index (κ2) is 2.93. The molecule has 1 aliphatic rings. The van der Waals surface area contributed by atoms with Crippen molar-refractivity contribution in [2.45, 2.75) is 6.42 Å². The number of carbonyl (C=O) groups excluding carboxylic acids is 1. The fraction of sp³-hybridized carbons (Fsp3) is 0.333. The molecule has 0 spiro atoms. The summed E-state index contributed by atoms with van der Waals surface area (Å²) in [6.45, 7) is 1.78. The van der Waals surface area contributed by atoms with Crippen LogP contribution < -0.4 is 0 Å². The van der Waals surface area contributed by atoms with Crippen molar-refractivity contribution in [3.8, 4) is 0 Å². The molecule has 3 heteroatoms. The average molecular weight is 161 g/mol. The van der Waals surface area contributed by atoms with E-state index in [9.17, 15) is 4.79 Å². The Morgan fingerprint density at radius 1 is 1.58 bits per heavy atom. The van der Waals surface area contributed by atoms with Crippen LogP contribution in [-0.2, 0) is 0 Å². The molecular formula is C9H9N2O. The summed E-state index contributed by atoms with van der Waals surface area (Å²) in [6, 6.07) is 3.35. The molecule has 0 bridgehead atoms. The molecule has 1 aromatic heterocycles. The number of likely N-dealkylation sites (tertiary alicyclic amines) is 1. The van der Waals surface area contributed by atoms with Crippen molar-refractivity contribution in [3.63, 3.8) is 0 Å². The van der Waals surface area contributed by atoms with Gasteiger partial charge in [-0.2, -0.15) is 0 Å². The zero-order valence-electron chi connectivity index (χ0n) is 6.66. The van der Waals surface area contributed by atoms with Crippen LogP contribution in [0.3, 0.4) is 0 Å². The van der Waals surface area contributed by atoms with Crippen molar-refractivity contribution in [2.24, 2.45) is 0 Å². The van der Waals surface area contributed by atoms with Gasteiger partial charge in [-0.25, -0.2) is 0 Å². The molecule has 1 aliphatic heterocycles. The summed E-state index contributed by atoms with van der Waals surface area (Å²) >= 11 is 0. The Balaban J connectivity index is 2.14. The monoisotopic (exact) mass is 161 g/mol. The van der Waals surface area contributed by atoms with Crippen LogP contribution in [0.15, 0.2) is 18.3 Å². The van der Waals surface area contributed by atoms with E-state index in [1.165, 1.54) is 0 Å². The zero-order chi connectivity index (χ0) is 8.39. The second-order valence-corrected chi connectivity index (χ2v) is 2.82. The quantitative estimate of drug-likeness (QED) is 0.608. The Morgan fingerprint density at radius 2 is 2.42 bits per heavy atom. The highest BCUT2D eigenvalue weighted by Crippen LogP contribution is 2.10. The molecule has 1 amide bonds. The third-order valence-electron chi connectivity index (χ3n) is 2.01. The first-order chi connectivity index (χ1) is 5.88. The Hall–Kier alpha value is -1.38. The molecule has 0 unspecified atom stereocenters. The molecule has 0 atom stereocenters. The summed E-state index contributed by atoms with van der Waals surface area (Å²) in [5, 5.41) is 0. The number of carbonyl (C=O) groups is 1. The van der Waals surface area contributed by atoms with Crippen molar-refractivity contribution in [3.05, 3.63) is 30.1 Å². The van der Waals surface area contributed by atoms with Crippen molar-refractivity contribution >= 4 is 5.91 Å². The third-order valence-corrected chi connectivity index (χ3v) is 2.01. The molecule has 61 valence electrons. The van der Waals surface area contributed by atoms with Gasteiger partial charge in [-0.15, -0.1) is 0 Å². The van der Waals surface area contributed by atoms with Crippen LogP contribution in [0.1, 0.15) is 16.8 Å². The van der Waals surface area contributed by atoms with Crippen LogP contribution in [0.2, 0.25) is 0 Å². The summed E-state index contributed by atoms with van der Waals surface area (Å²) in [5.74, 6) is 0.0971. The highest BCUT2D eigenvalue weighted by atomic mass is 16.2. The standard InChI is InChI=1S/C9H9N2O/c12-9(11-6-1-7-11)8-2-4-10-5-3-8/h2-4H,1,6-7H2. The Labute approximate surface area is 71.0 Å². The fourth-order valence-corrected chi connectivity index (χ4v) is 1.15. The van der Waals surface area contributed by atoms with E-state index in [2.05, 4.69) is 11.2 Å². The minimum absolute atomic E-state index is 0.0971. The van der Waals surface area contributed by atoms with Crippen molar-refractivity contribution in [2.75, 3.05) is 13.1 Å². The molecule has 1 fully saturated rings. The molecule has 0 aliphatic carbocycles. The van der Waals surface area contributed by atoms with Crippen LogP contribution in [0.5, 0.6) is 0 Å². The maximum absolute atomic E-state index is 11.5. The Kier molecular flexibility index (Phi) is 1.78. The van der Waals surface area contributed by atoms with Crippen LogP contribution >= 0.6 is 0 Å². The van der Waals surface area contributed by atoms with Gasteiger partial charge in [0.25, 0.3) is 5.91 Å². The van der Waals surface area contributed by atoms with Gasteiger partial charge in [0.15, 0.2) is 0 Å². The van der Waals surface area contributed by atoms with Crippen molar-refractivity contribution in [1.29, 1.82) is 0 Å². The van der Waals surface area contributed by atoms with E-state index in [1.54, 1.807) is 18.3 Å². The summed E-state index contributed by atoms with van der Waals surface area (Å²) in [6.07, 6.45) is 5.36. The molecule has 0 saturated carbocycles. The maximum atomic E-state index is 11.5. The lowest BCUT2D eigenvalue weighted by Gasteiger charge is -2.30. The minimum atomic E-state index is 0.0971. The Bertz CT molecular complexity index is 280. The molecule has 0 N–H and O–H groups in total. The molecule has 12 heavy (non-hydrogen) atoms. The summed E-state index contributed by atoms with van der Waals surface area (Å²) in [7, 11) is 0. The smallest absolute Gasteiger partial charge is 0.253 e. The van der Waals surface area contributed by atoms with Gasteiger partial charge in [-0.05, 0) is 18.6 Å². The van der Waals surface area contributed by atoms with Crippen LogP contribution in [0.25, 0.3) is 0 Å². The number of pyridine rings is 1. The van der Waals surface area contributed by atoms with Crippen molar-refractivity contribution < 1.29 is 4.79 Å². The number of rotatable bonds is 1. The second-order valence-electron chi connectivity index (χ2n) is 2.82. The lowest BCUT2D eigenvalue weighted by molar-refractivity contribution is 0.0651. The third kappa shape index (κ3) is 1.18. The normalized spacial score (nSPS) is 15.5. The van der Waals surface area contributed by atoms with Crippen LogP contribution in [0, 0.1) is 6.20 Å². The van der Waals surface area contributed by atoms with Gasteiger partial charge in [-0.1, -0.05) is 0 Å². The summed E-state index contributed by atoms with van der Waals surface area (Å²) in [5.41, 5.74) is 0.685. The highest BCUT2D eigenvalue weighted by molar-refractivity contribution is 5.94. The van der Waals surface area contributed by atoms with Crippen LogP contribution in [-0.4, -0.2) is 28.9 Å². The molecule has 1 aromatic rings. The molecule has 1 saturated heterocycles. The zero-order valence-corrected chi connectivity index (χ0v) is 6.66. The molecule has 2 rings (SSSR count). The lowest BCUT2D eigenvalue weighted by Crippen LogP contribution is -2.41. The first-order valence-corrected chi connectivity index (χ1v) is 3.99. The van der Waals surface area contributed by atoms with E-state index in [1.807, 2.05) is 4.90 Å². The van der Waals surface area contributed by atoms with Gasteiger partial charge in [0, 0.05) is 24.8 Å². The number of amides is 1. The lowest BCUT2D eigenvalue weighted by atomic mass is 10.1. The number of nitrogens with zero attached hydrogens (tertiary/aromatic N) is 2. The van der Waals surface area contributed by atoms with Crippen LogP contribution in [0.4, 0.5) is 0 Å². The van der Waals surface area contributed by atoms with Gasteiger partial charge in [0.2, 0.25) is 0 Å². The van der Waals surface area contributed by atoms with Gasteiger partial charge < -0.3 is 4.90 Å². The highest BCUT2D eigenvalue weighted by Gasteiger charge is 2.20. The molecule has 0 aromatic carbocycles. The predicted octanol–water partition coefficient (Wildman–Crippen LogP) is 0.728. The van der Waals surface area contributed by atoms with Gasteiger partial charge in [-0.3, -0.25) is 9.78 Å². The maximum Gasteiger partial charge on any atom is 0.253 e. The van der Waals surface area contributed by atoms with E-state index in [4.69, 9.17) is 0 Å². The molecule has 1 radical (unpaired) electrons. The van der Waals surface area contributed by atoms with E-state index >= 15 is 0 Å². The topological polar surface area (TPSA) is 33.2 Å². The Morgan fingerprint density at radius 3 is 2.92 bits per heavy atom. The van der Waals surface area contributed by atoms with E-state index in [0.717, 1.165) is 19.5 Å². The fourth-order valence-electron chi connectivity index (χ4n) is 1.15. The SMILES string of the molecule is O=C(c1c[c]ncc1)N1CCC1. The van der Waals surface area contributed by atoms with Crippen molar-refractivity contribution in [1.82, 2.24) is 9.88 Å². The summed E-state index contributed by atoms with van der Waals surface area (Å²) < 4.78 is 0.